The second-order valence-electron chi connectivity index (χ2n) is 6.35. The van der Waals surface area contributed by atoms with Crippen LogP contribution in [0, 0.1) is 0 Å². The molecule has 0 radical (unpaired) electrons. The molecule has 0 saturated carbocycles. The molecule has 122 valence electrons. The zero-order valence-electron chi connectivity index (χ0n) is 13.6. The third kappa shape index (κ3) is 5.11. The Morgan fingerprint density at radius 2 is 2.05 bits per heavy atom. The molecule has 0 saturated heterocycles. The van der Waals surface area contributed by atoms with Gasteiger partial charge in [0.1, 0.15) is 5.60 Å². The van der Waals surface area contributed by atoms with Gasteiger partial charge in [0.05, 0.1) is 0 Å². The highest BCUT2D eigenvalue weighted by Gasteiger charge is 2.16. The predicted molar refractivity (Wildman–Crippen MR) is 83.1 cm³/mol. The molecule has 0 aromatic heterocycles. The molecule has 0 aliphatic carbocycles. The van der Waals surface area contributed by atoms with E-state index in [1.54, 1.807) is 0 Å². The highest BCUT2D eigenvalue weighted by atomic mass is 16.7. The number of amides is 1. The number of fused-ring (bicyclic) bond motifs is 1. The van der Waals surface area contributed by atoms with Gasteiger partial charge in [0.25, 0.3) is 0 Å². The molecule has 0 fully saturated rings. The number of carbonyl (C=O) groups is 1. The lowest BCUT2D eigenvalue weighted by Gasteiger charge is -2.21. The average molecular weight is 308 g/mol. The number of hydrogen-bond donors (Lipinski definition) is 1. The topological polar surface area (TPSA) is 60.0 Å². The van der Waals surface area contributed by atoms with Crippen molar-refractivity contribution in [2.45, 2.75) is 32.9 Å². The lowest BCUT2D eigenvalue weighted by atomic mass is 10.2. The molecule has 1 aliphatic rings. The van der Waals surface area contributed by atoms with E-state index in [1.807, 2.05) is 46.0 Å². The summed E-state index contributed by atoms with van der Waals surface area (Å²) in [5.41, 5.74) is 0.673. The normalized spacial score (nSPS) is 13.3. The Hall–Kier alpha value is -1.95. The van der Waals surface area contributed by atoms with Crippen molar-refractivity contribution < 1.29 is 19.0 Å². The third-order valence-electron chi connectivity index (χ3n) is 3.05. The van der Waals surface area contributed by atoms with Gasteiger partial charge in [-0.1, -0.05) is 6.07 Å². The molecule has 0 unspecified atom stereocenters. The third-order valence-corrected chi connectivity index (χ3v) is 3.05. The molecule has 0 spiro atoms. The summed E-state index contributed by atoms with van der Waals surface area (Å²) >= 11 is 0. The van der Waals surface area contributed by atoms with E-state index in [1.165, 1.54) is 0 Å². The van der Waals surface area contributed by atoms with Crippen molar-refractivity contribution in [3.05, 3.63) is 23.8 Å². The standard InChI is InChI=1S/C16H24N2O4/c1-16(2,3)22-15(19)17-7-8-18(4)10-12-5-6-13-14(9-12)21-11-20-13/h5-6,9H,7-8,10-11H2,1-4H3,(H,17,19). The van der Waals surface area contributed by atoms with Gasteiger partial charge in [0.15, 0.2) is 11.5 Å². The smallest absolute Gasteiger partial charge is 0.407 e. The summed E-state index contributed by atoms with van der Waals surface area (Å²) in [5.74, 6) is 1.58. The van der Waals surface area contributed by atoms with Gasteiger partial charge in [-0.3, -0.25) is 0 Å². The van der Waals surface area contributed by atoms with Crippen molar-refractivity contribution >= 4 is 6.09 Å². The predicted octanol–water partition coefficient (Wildman–Crippen LogP) is 2.37. The monoisotopic (exact) mass is 308 g/mol. The fourth-order valence-electron chi connectivity index (χ4n) is 2.09. The lowest BCUT2D eigenvalue weighted by molar-refractivity contribution is 0.0523. The van der Waals surface area contributed by atoms with Crippen molar-refractivity contribution in [3.8, 4) is 11.5 Å². The van der Waals surface area contributed by atoms with Crippen molar-refractivity contribution in [2.24, 2.45) is 0 Å². The first-order chi connectivity index (χ1) is 10.3. The van der Waals surface area contributed by atoms with Crippen LogP contribution >= 0.6 is 0 Å². The molecule has 1 aromatic rings. The summed E-state index contributed by atoms with van der Waals surface area (Å²) in [6, 6.07) is 5.93. The number of carbonyl (C=O) groups excluding carboxylic acids is 1. The number of nitrogens with zero attached hydrogens (tertiary/aromatic N) is 1. The van der Waals surface area contributed by atoms with Gasteiger partial charge in [-0.25, -0.2) is 4.79 Å². The van der Waals surface area contributed by atoms with Crippen LogP contribution in [0.15, 0.2) is 18.2 Å². The minimum atomic E-state index is -0.470. The van der Waals surface area contributed by atoms with Crippen LogP contribution in [0.5, 0.6) is 11.5 Å². The van der Waals surface area contributed by atoms with E-state index in [4.69, 9.17) is 14.2 Å². The summed E-state index contributed by atoms with van der Waals surface area (Å²) in [4.78, 5) is 13.7. The van der Waals surface area contributed by atoms with Crippen LogP contribution in [0.2, 0.25) is 0 Å². The quantitative estimate of drug-likeness (QED) is 0.905. The zero-order valence-corrected chi connectivity index (χ0v) is 13.6. The van der Waals surface area contributed by atoms with Crippen LogP contribution in [-0.2, 0) is 11.3 Å². The summed E-state index contributed by atoms with van der Waals surface area (Å²) in [6.07, 6.45) is -0.385. The molecule has 6 heteroatoms. The Morgan fingerprint density at radius 3 is 2.77 bits per heavy atom. The first-order valence-electron chi connectivity index (χ1n) is 7.37. The highest BCUT2D eigenvalue weighted by molar-refractivity contribution is 5.67. The Bertz CT molecular complexity index is 525. The van der Waals surface area contributed by atoms with Gasteiger partial charge >= 0.3 is 6.09 Å². The summed E-state index contributed by atoms with van der Waals surface area (Å²) in [5, 5.41) is 2.75. The maximum absolute atomic E-state index is 11.5. The largest absolute Gasteiger partial charge is 0.454 e. The number of ether oxygens (including phenoxy) is 3. The maximum atomic E-state index is 11.5. The fraction of sp³-hybridized carbons (Fsp3) is 0.562. The fourth-order valence-corrected chi connectivity index (χ4v) is 2.09. The number of rotatable bonds is 5. The minimum Gasteiger partial charge on any atom is -0.454 e. The Morgan fingerprint density at radius 1 is 1.32 bits per heavy atom. The van der Waals surface area contributed by atoms with Crippen LogP contribution in [0.3, 0.4) is 0 Å². The van der Waals surface area contributed by atoms with Crippen molar-refractivity contribution in [2.75, 3.05) is 26.9 Å². The molecular weight excluding hydrogens is 284 g/mol. The Labute approximate surface area is 131 Å². The maximum Gasteiger partial charge on any atom is 0.407 e. The van der Waals surface area contributed by atoms with Crippen LogP contribution in [0.25, 0.3) is 0 Å². The molecule has 1 aliphatic heterocycles. The van der Waals surface area contributed by atoms with E-state index in [0.29, 0.717) is 6.54 Å². The number of hydrogen-bond acceptors (Lipinski definition) is 5. The van der Waals surface area contributed by atoms with E-state index in [2.05, 4.69) is 10.2 Å². The van der Waals surface area contributed by atoms with Gasteiger partial charge < -0.3 is 24.4 Å². The van der Waals surface area contributed by atoms with Crippen molar-refractivity contribution in [1.82, 2.24) is 10.2 Å². The van der Waals surface area contributed by atoms with E-state index in [9.17, 15) is 4.79 Å². The molecule has 22 heavy (non-hydrogen) atoms. The van der Waals surface area contributed by atoms with Gasteiger partial charge in [0.2, 0.25) is 6.79 Å². The van der Waals surface area contributed by atoms with Crippen molar-refractivity contribution in [3.63, 3.8) is 0 Å². The van der Waals surface area contributed by atoms with Gasteiger partial charge in [-0.15, -0.1) is 0 Å². The molecule has 2 rings (SSSR count). The second-order valence-corrected chi connectivity index (χ2v) is 6.35. The van der Waals surface area contributed by atoms with E-state index in [-0.39, 0.29) is 12.9 Å². The number of alkyl carbamates (subject to hydrolysis) is 1. The lowest BCUT2D eigenvalue weighted by Crippen LogP contribution is -2.36. The summed E-state index contributed by atoms with van der Waals surface area (Å²) in [6.45, 7) is 7.86. The highest BCUT2D eigenvalue weighted by Crippen LogP contribution is 2.32. The number of nitrogens with one attached hydrogen (secondary N) is 1. The molecule has 0 atom stereocenters. The first-order valence-corrected chi connectivity index (χ1v) is 7.37. The second kappa shape index (κ2) is 6.87. The zero-order chi connectivity index (χ0) is 16.2. The average Bonchev–Trinajstić information content (AvgIpc) is 2.83. The Kier molecular flexibility index (Phi) is 5.13. The van der Waals surface area contributed by atoms with E-state index < -0.39 is 5.60 Å². The van der Waals surface area contributed by atoms with Crippen LogP contribution in [-0.4, -0.2) is 43.5 Å². The Balaban J connectivity index is 1.72. The molecule has 0 bridgehead atoms. The molecule has 1 aromatic carbocycles. The molecular formula is C16H24N2O4. The molecule has 1 amide bonds. The van der Waals surface area contributed by atoms with E-state index >= 15 is 0 Å². The molecule has 1 heterocycles. The SMILES string of the molecule is CN(CCNC(=O)OC(C)(C)C)Cc1ccc2c(c1)OCO2. The summed E-state index contributed by atoms with van der Waals surface area (Å²) < 4.78 is 15.8. The number of likely N-dealkylation sites (N-methyl/N-ethyl adjacent to an activating group) is 1. The van der Waals surface area contributed by atoms with Crippen LogP contribution in [0.1, 0.15) is 26.3 Å². The van der Waals surface area contributed by atoms with Crippen LogP contribution in [0.4, 0.5) is 4.79 Å². The van der Waals surface area contributed by atoms with Gasteiger partial charge in [-0.05, 0) is 45.5 Å². The van der Waals surface area contributed by atoms with E-state index in [0.717, 1.165) is 30.2 Å². The van der Waals surface area contributed by atoms with Gasteiger partial charge in [0, 0.05) is 19.6 Å². The minimum absolute atomic E-state index is 0.286. The van der Waals surface area contributed by atoms with Crippen molar-refractivity contribution in [1.29, 1.82) is 0 Å². The van der Waals surface area contributed by atoms with Gasteiger partial charge in [-0.2, -0.15) is 0 Å². The first kappa shape index (κ1) is 16.4. The number of benzene rings is 1. The molecule has 6 nitrogen and oxygen atoms in total. The summed E-state index contributed by atoms with van der Waals surface area (Å²) in [7, 11) is 2.00. The molecule has 1 N–H and O–H groups in total. The van der Waals surface area contributed by atoms with Crippen LogP contribution < -0.4 is 14.8 Å².